The van der Waals surface area contributed by atoms with Gasteiger partial charge in [0.05, 0.1) is 13.2 Å². The normalized spacial score (nSPS) is 19.3. The highest BCUT2D eigenvalue weighted by molar-refractivity contribution is 5.85. The Morgan fingerprint density at radius 3 is 2.95 bits per heavy atom. The van der Waals surface area contributed by atoms with Crippen molar-refractivity contribution >= 4 is 11.9 Å². The van der Waals surface area contributed by atoms with Crippen molar-refractivity contribution in [1.29, 1.82) is 0 Å². The average Bonchev–Trinajstić information content (AvgIpc) is 2.47. The van der Waals surface area contributed by atoms with Crippen LogP contribution in [0.25, 0.3) is 0 Å². The summed E-state index contributed by atoms with van der Waals surface area (Å²) in [6.45, 7) is 4.41. The van der Waals surface area contributed by atoms with Crippen molar-refractivity contribution in [2.24, 2.45) is 5.73 Å². The minimum absolute atomic E-state index is 0.0614. The number of rotatable bonds is 4. The molecule has 2 rings (SSSR count). The number of aromatic nitrogens is 2. The first-order valence-corrected chi connectivity index (χ1v) is 6.39. The second kappa shape index (κ2) is 6.44. The van der Waals surface area contributed by atoms with Crippen molar-refractivity contribution < 1.29 is 9.53 Å². The van der Waals surface area contributed by atoms with E-state index in [4.69, 9.17) is 10.5 Å². The molecule has 1 aliphatic heterocycles. The van der Waals surface area contributed by atoms with Gasteiger partial charge in [0.1, 0.15) is 6.04 Å². The van der Waals surface area contributed by atoms with E-state index in [0.717, 1.165) is 5.56 Å². The maximum atomic E-state index is 12.0. The summed E-state index contributed by atoms with van der Waals surface area (Å²) in [6, 6.07) is -0.377. The molecule has 0 bridgehead atoms. The standard InChI is InChI=1S/C12H19N5O2/c1-2-14-11(18)10-8-19-4-3-17(10)12-15-6-9(5-13)7-16-12/h6-7,10H,2-5,8,13H2,1H3,(H,14,18). The summed E-state index contributed by atoms with van der Waals surface area (Å²) in [5.41, 5.74) is 6.38. The quantitative estimate of drug-likeness (QED) is 0.746. The van der Waals surface area contributed by atoms with E-state index in [-0.39, 0.29) is 11.9 Å². The molecular formula is C12H19N5O2. The van der Waals surface area contributed by atoms with E-state index in [1.165, 1.54) is 0 Å². The summed E-state index contributed by atoms with van der Waals surface area (Å²) >= 11 is 0. The Morgan fingerprint density at radius 1 is 1.58 bits per heavy atom. The highest BCUT2D eigenvalue weighted by Crippen LogP contribution is 2.15. The molecule has 1 saturated heterocycles. The predicted molar refractivity (Wildman–Crippen MR) is 70.6 cm³/mol. The maximum Gasteiger partial charge on any atom is 0.245 e. The molecule has 1 atom stereocenters. The van der Waals surface area contributed by atoms with Crippen LogP contribution in [0, 0.1) is 0 Å². The van der Waals surface area contributed by atoms with Crippen molar-refractivity contribution in [2.75, 3.05) is 31.2 Å². The van der Waals surface area contributed by atoms with E-state index in [1.54, 1.807) is 12.4 Å². The van der Waals surface area contributed by atoms with Gasteiger partial charge in [0.15, 0.2) is 0 Å². The maximum absolute atomic E-state index is 12.0. The van der Waals surface area contributed by atoms with Crippen LogP contribution >= 0.6 is 0 Å². The summed E-state index contributed by atoms with van der Waals surface area (Å²) < 4.78 is 5.37. The van der Waals surface area contributed by atoms with Gasteiger partial charge in [-0.05, 0) is 6.92 Å². The Kier molecular flexibility index (Phi) is 4.64. The second-order valence-corrected chi connectivity index (χ2v) is 4.27. The lowest BCUT2D eigenvalue weighted by molar-refractivity contribution is -0.124. The fraction of sp³-hybridized carbons (Fsp3) is 0.583. The lowest BCUT2D eigenvalue weighted by Crippen LogP contribution is -2.54. The minimum atomic E-state index is -0.377. The Morgan fingerprint density at radius 2 is 2.32 bits per heavy atom. The molecule has 7 nitrogen and oxygen atoms in total. The van der Waals surface area contributed by atoms with Gasteiger partial charge in [0, 0.05) is 37.6 Å². The first kappa shape index (κ1) is 13.7. The van der Waals surface area contributed by atoms with Gasteiger partial charge >= 0.3 is 0 Å². The number of hydrogen-bond donors (Lipinski definition) is 2. The van der Waals surface area contributed by atoms with Crippen molar-refractivity contribution in [2.45, 2.75) is 19.5 Å². The smallest absolute Gasteiger partial charge is 0.245 e. The molecule has 1 aromatic rings. The van der Waals surface area contributed by atoms with Crippen molar-refractivity contribution in [3.8, 4) is 0 Å². The molecule has 0 saturated carbocycles. The summed E-state index contributed by atoms with van der Waals surface area (Å²) in [7, 11) is 0. The van der Waals surface area contributed by atoms with Gasteiger partial charge in [-0.3, -0.25) is 4.79 Å². The molecule has 1 aliphatic rings. The van der Waals surface area contributed by atoms with Gasteiger partial charge in [0.25, 0.3) is 0 Å². The Bertz CT molecular complexity index is 423. The molecule has 1 amide bonds. The van der Waals surface area contributed by atoms with Gasteiger partial charge in [-0.1, -0.05) is 0 Å². The van der Waals surface area contributed by atoms with Crippen molar-refractivity contribution in [3.05, 3.63) is 18.0 Å². The Balaban J connectivity index is 2.15. The number of ether oxygens (including phenoxy) is 1. The van der Waals surface area contributed by atoms with Crippen LogP contribution in [0.5, 0.6) is 0 Å². The number of amides is 1. The molecule has 2 heterocycles. The molecular weight excluding hydrogens is 246 g/mol. The SMILES string of the molecule is CCNC(=O)C1COCCN1c1ncc(CN)cn1. The van der Waals surface area contributed by atoms with Crippen molar-refractivity contribution in [3.63, 3.8) is 0 Å². The van der Waals surface area contributed by atoms with Crippen LogP contribution in [-0.2, 0) is 16.1 Å². The predicted octanol–water partition coefficient (Wildman–Crippen LogP) is -0.723. The third kappa shape index (κ3) is 3.18. The third-order valence-electron chi connectivity index (χ3n) is 2.97. The number of anilines is 1. The zero-order valence-corrected chi connectivity index (χ0v) is 11.0. The number of likely N-dealkylation sites (N-methyl/N-ethyl adjacent to an activating group) is 1. The van der Waals surface area contributed by atoms with E-state index in [9.17, 15) is 4.79 Å². The molecule has 0 aromatic carbocycles. The first-order chi connectivity index (χ1) is 9.26. The molecule has 1 fully saturated rings. The van der Waals surface area contributed by atoms with Gasteiger partial charge < -0.3 is 20.7 Å². The molecule has 1 unspecified atom stereocenters. The number of nitrogens with one attached hydrogen (secondary N) is 1. The molecule has 7 heteroatoms. The monoisotopic (exact) mass is 265 g/mol. The number of nitrogens with zero attached hydrogens (tertiary/aromatic N) is 3. The van der Waals surface area contributed by atoms with Gasteiger partial charge in [-0.2, -0.15) is 0 Å². The number of nitrogens with two attached hydrogens (primary N) is 1. The van der Waals surface area contributed by atoms with Crippen LogP contribution in [0.4, 0.5) is 5.95 Å². The number of hydrogen-bond acceptors (Lipinski definition) is 6. The zero-order valence-electron chi connectivity index (χ0n) is 11.0. The van der Waals surface area contributed by atoms with Crippen LogP contribution in [0.15, 0.2) is 12.4 Å². The van der Waals surface area contributed by atoms with Crippen LogP contribution in [0.1, 0.15) is 12.5 Å². The average molecular weight is 265 g/mol. The van der Waals surface area contributed by atoms with E-state index >= 15 is 0 Å². The summed E-state index contributed by atoms with van der Waals surface area (Å²) in [4.78, 5) is 22.4. The molecule has 19 heavy (non-hydrogen) atoms. The molecule has 104 valence electrons. The van der Waals surface area contributed by atoms with E-state index < -0.39 is 0 Å². The van der Waals surface area contributed by atoms with Gasteiger partial charge in [0.2, 0.25) is 11.9 Å². The fourth-order valence-electron chi connectivity index (χ4n) is 1.95. The summed E-state index contributed by atoms with van der Waals surface area (Å²) in [6.07, 6.45) is 3.37. The van der Waals surface area contributed by atoms with E-state index in [1.807, 2.05) is 11.8 Å². The van der Waals surface area contributed by atoms with Crippen LogP contribution < -0.4 is 16.0 Å². The third-order valence-corrected chi connectivity index (χ3v) is 2.97. The van der Waals surface area contributed by atoms with Crippen LogP contribution in [0.3, 0.4) is 0 Å². The zero-order chi connectivity index (χ0) is 13.7. The van der Waals surface area contributed by atoms with Gasteiger partial charge in [-0.25, -0.2) is 9.97 Å². The molecule has 0 spiro atoms. The van der Waals surface area contributed by atoms with Gasteiger partial charge in [-0.15, -0.1) is 0 Å². The topological polar surface area (TPSA) is 93.4 Å². The molecule has 0 aliphatic carbocycles. The minimum Gasteiger partial charge on any atom is -0.377 e. The largest absolute Gasteiger partial charge is 0.377 e. The lowest BCUT2D eigenvalue weighted by Gasteiger charge is -2.34. The molecule has 1 aromatic heterocycles. The summed E-state index contributed by atoms with van der Waals surface area (Å²) in [5.74, 6) is 0.477. The molecule has 0 radical (unpaired) electrons. The fourth-order valence-corrected chi connectivity index (χ4v) is 1.95. The van der Waals surface area contributed by atoms with E-state index in [2.05, 4.69) is 15.3 Å². The Hall–Kier alpha value is -1.73. The number of carbonyl (C=O) groups excluding carboxylic acids is 1. The summed E-state index contributed by atoms with van der Waals surface area (Å²) in [5, 5.41) is 2.80. The van der Waals surface area contributed by atoms with Crippen LogP contribution in [-0.4, -0.2) is 48.2 Å². The lowest BCUT2D eigenvalue weighted by atomic mass is 10.2. The van der Waals surface area contributed by atoms with E-state index in [0.29, 0.717) is 38.8 Å². The van der Waals surface area contributed by atoms with Crippen molar-refractivity contribution in [1.82, 2.24) is 15.3 Å². The highest BCUT2D eigenvalue weighted by Gasteiger charge is 2.30. The molecule has 3 N–H and O–H groups in total. The number of carbonyl (C=O) groups is 1. The van der Waals surface area contributed by atoms with Crippen LogP contribution in [0.2, 0.25) is 0 Å². The first-order valence-electron chi connectivity index (χ1n) is 6.39. The number of morpholine rings is 1. The Labute approximate surface area is 112 Å². The highest BCUT2D eigenvalue weighted by atomic mass is 16.5. The second-order valence-electron chi connectivity index (χ2n) is 4.27.